The van der Waals surface area contributed by atoms with Crippen molar-refractivity contribution in [2.24, 2.45) is 47.3 Å². The van der Waals surface area contributed by atoms with E-state index in [0.29, 0.717) is 0 Å². The van der Waals surface area contributed by atoms with Gasteiger partial charge in [-0.05, 0) is 92.3 Å². The zero-order valence-electron chi connectivity index (χ0n) is 19.2. The molecular formula is C27H50. The molecule has 0 amide bonds. The van der Waals surface area contributed by atoms with Crippen molar-refractivity contribution < 1.29 is 0 Å². The van der Waals surface area contributed by atoms with Crippen LogP contribution in [-0.2, 0) is 0 Å². The van der Waals surface area contributed by atoms with Crippen molar-refractivity contribution in [1.29, 1.82) is 0 Å². The van der Waals surface area contributed by atoms with Crippen LogP contribution in [0.3, 0.4) is 0 Å². The molecule has 0 nitrogen and oxygen atoms in total. The van der Waals surface area contributed by atoms with Gasteiger partial charge in [0.2, 0.25) is 0 Å². The molecule has 3 fully saturated rings. The largest absolute Gasteiger partial charge is 0.0625 e. The lowest BCUT2D eigenvalue weighted by Gasteiger charge is -2.39. The minimum absolute atomic E-state index is 0.971. The molecule has 3 aliphatic rings. The summed E-state index contributed by atoms with van der Waals surface area (Å²) in [7, 11) is 0. The second-order valence-electron chi connectivity index (χ2n) is 11.6. The van der Waals surface area contributed by atoms with Gasteiger partial charge in [-0.1, -0.05) is 79.1 Å². The molecule has 3 saturated carbocycles. The lowest BCUT2D eigenvalue weighted by molar-refractivity contribution is 0.126. The van der Waals surface area contributed by atoms with Gasteiger partial charge >= 0.3 is 0 Å². The van der Waals surface area contributed by atoms with Crippen LogP contribution in [0.25, 0.3) is 0 Å². The third-order valence-electron chi connectivity index (χ3n) is 9.53. The van der Waals surface area contributed by atoms with Crippen LogP contribution in [0.15, 0.2) is 0 Å². The van der Waals surface area contributed by atoms with Gasteiger partial charge in [-0.25, -0.2) is 0 Å². The standard InChI is InChI=1S/C27H50/c1-20-6-5-7-24(13-8-20)22(3)11-12-23(4)25-16-18-27(19-17-25)26-14-9-21(2)10-15-26/h20-27H,5-19H2,1-4H3. The van der Waals surface area contributed by atoms with Crippen molar-refractivity contribution in [3.05, 3.63) is 0 Å². The molecule has 158 valence electrons. The summed E-state index contributed by atoms with van der Waals surface area (Å²) in [5, 5.41) is 0. The molecule has 3 aliphatic carbocycles. The van der Waals surface area contributed by atoms with E-state index in [0.717, 1.165) is 47.3 Å². The van der Waals surface area contributed by atoms with Gasteiger partial charge in [0.1, 0.15) is 0 Å². The molecule has 0 N–H and O–H groups in total. The van der Waals surface area contributed by atoms with Crippen molar-refractivity contribution in [3.8, 4) is 0 Å². The Morgan fingerprint density at radius 2 is 0.926 bits per heavy atom. The highest BCUT2D eigenvalue weighted by molar-refractivity contribution is 4.83. The lowest BCUT2D eigenvalue weighted by Crippen LogP contribution is -2.27. The predicted octanol–water partition coefficient (Wildman–Crippen LogP) is 8.89. The Morgan fingerprint density at radius 1 is 0.519 bits per heavy atom. The first-order valence-electron chi connectivity index (χ1n) is 13.0. The van der Waals surface area contributed by atoms with E-state index in [-0.39, 0.29) is 0 Å². The lowest BCUT2D eigenvalue weighted by atomic mass is 9.67. The van der Waals surface area contributed by atoms with Gasteiger partial charge in [-0.3, -0.25) is 0 Å². The Balaban J connectivity index is 1.35. The molecule has 27 heavy (non-hydrogen) atoms. The summed E-state index contributed by atoms with van der Waals surface area (Å²) in [5.41, 5.74) is 0. The number of hydrogen-bond acceptors (Lipinski definition) is 0. The fourth-order valence-corrected chi connectivity index (χ4v) is 7.02. The molecule has 0 heteroatoms. The monoisotopic (exact) mass is 374 g/mol. The maximum Gasteiger partial charge on any atom is -0.0386 e. The van der Waals surface area contributed by atoms with Crippen molar-refractivity contribution >= 4 is 0 Å². The van der Waals surface area contributed by atoms with Gasteiger partial charge in [0.15, 0.2) is 0 Å². The summed E-state index contributed by atoms with van der Waals surface area (Å²) < 4.78 is 0. The summed E-state index contributed by atoms with van der Waals surface area (Å²) >= 11 is 0. The van der Waals surface area contributed by atoms with E-state index in [1.807, 2.05) is 0 Å². The van der Waals surface area contributed by atoms with Gasteiger partial charge in [0, 0.05) is 0 Å². The Hall–Kier alpha value is 0. The van der Waals surface area contributed by atoms with Gasteiger partial charge < -0.3 is 0 Å². The summed E-state index contributed by atoms with van der Waals surface area (Å²) in [6.07, 6.45) is 22.9. The number of hydrogen-bond donors (Lipinski definition) is 0. The maximum absolute atomic E-state index is 2.59. The van der Waals surface area contributed by atoms with Crippen LogP contribution in [0.4, 0.5) is 0 Å². The molecule has 0 aromatic heterocycles. The van der Waals surface area contributed by atoms with Crippen LogP contribution < -0.4 is 0 Å². The molecule has 0 radical (unpaired) electrons. The summed E-state index contributed by atoms with van der Waals surface area (Å²) in [6.45, 7) is 10.1. The summed E-state index contributed by atoms with van der Waals surface area (Å²) in [5.74, 6) is 8.21. The van der Waals surface area contributed by atoms with Crippen molar-refractivity contribution in [2.45, 2.75) is 124 Å². The maximum atomic E-state index is 2.59. The first-order chi connectivity index (χ1) is 13.0. The topological polar surface area (TPSA) is 0 Å². The first kappa shape index (κ1) is 21.7. The van der Waals surface area contributed by atoms with Crippen LogP contribution in [0.5, 0.6) is 0 Å². The third kappa shape index (κ3) is 6.50. The SMILES string of the molecule is CC1CCCC(C(C)CCC(C)C2CCC(C3CCC(C)CC3)CC2)CC1. The van der Waals surface area contributed by atoms with Gasteiger partial charge in [0.25, 0.3) is 0 Å². The minimum Gasteiger partial charge on any atom is -0.0625 e. The van der Waals surface area contributed by atoms with E-state index >= 15 is 0 Å². The van der Waals surface area contributed by atoms with E-state index in [1.165, 1.54) is 57.8 Å². The van der Waals surface area contributed by atoms with E-state index in [4.69, 9.17) is 0 Å². The molecule has 0 aromatic carbocycles. The highest BCUT2D eigenvalue weighted by Gasteiger charge is 2.32. The zero-order chi connectivity index (χ0) is 19.2. The second kappa shape index (κ2) is 10.7. The normalized spacial score (nSPS) is 40.9. The molecule has 0 spiro atoms. The summed E-state index contributed by atoms with van der Waals surface area (Å²) in [4.78, 5) is 0. The Bertz CT molecular complexity index is 396. The molecule has 4 unspecified atom stereocenters. The first-order valence-corrected chi connectivity index (χ1v) is 13.0. The van der Waals surface area contributed by atoms with Gasteiger partial charge in [-0.15, -0.1) is 0 Å². The highest BCUT2D eigenvalue weighted by atomic mass is 14.4. The molecule has 3 rings (SSSR count). The zero-order valence-corrected chi connectivity index (χ0v) is 19.2. The minimum atomic E-state index is 0.971. The van der Waals surface area contributed by atoms with Crippen LogP contribution in [0.1, 0.15) is 124 Å². The van der Waals surface area contributed by atoms with Crippen LogP contribution in [0.2, 0.25) is 0 Å². The highest BCUT2D eigenvalue weighted by Crippen LogP contribution is 2.44. The molecule has 0 aromatic rings. The van der Waals surface area contributed by atoms with Crippen LogP contribution in [0, 0.1) is 47.3 Å². The van der Waals surface area contributed by atoms with E-state index in [1.54, 1.807) is 38.5 Å². The van der Waals surface area contributed by atoms with E-state index in [9.17, 15) is 0 Å². The van der Waals surface area contributed by atoms with Crippen molar-refractivity contribution in [3.63, 3.8) is 0 Å². The summed E-state index contributed by atoms with van der Waals surface area (Å²) in [6, 6.07) is 0. The average Bonchev–Trinajstić information content (AvgIpc) is 2.91. The predicted molar refractivity (Wildman–Crippen MR) is 120 cm³/mol. The van der Waals surface area contributed by atoms with Crippen molar-refractivity contribution in [1.82, 2.24) is 0 Å². The fraction of sp³-hybridized carbons (Fsp3) is 1.00. The second-order valence-corrected chi connectivity index (χ2v) is 11.6. The molecular weight excluding hydrogens is 324 g/mol. The van der Waals surface area contributed by atoms with Crippen LogP contribution >= 0.6 is 0 Å². The van der Waals surface area contributed by atoms with Crippen molar-refractivity contribution in [2.75, 3.05) is 0 Å². The Kier molecular flexibility index (Phi) is 8.59. The van der Waals surface area contributed by atoms with Crippen LogP contribution in [-0.4, -0.2) is 0 Å². The molecule has 4 atom stereocenters. The van der Waals surface area contributed by atoms with Gasteiger partial charge in [-0.2, -0.15) is 0 Å². The molecule has 0 aliphatic heterocycles. The Labute approximate surface area is 171 Å². The Morgan fingerprint density at radius 3 is 1.52 bits per heavy atom. The average molecular weight is 375 g/mol. The molecule has 0 bridgehead atoms. The quantitative estimate of drug-likeness (QED) is 0.407. The number of rotatable bonds is 6. The van der Waals surface area contributed by atoms with E-state index < -0.39 is 0 Å². The third-order valence-corrected chi connectivity index (χ3v) is 9.53. The smallest absolute Gasteiger partial charge is 0.0386 e. The molecule has 0 saturated heterocycles. The fourth-order valence-electron chi connectivity index (χ4n) is 7.02. The molecule has 0 heterocycles. The van der Waals surface area contributed by atoms with E-state index in [2.05, 4.69) is 27.7 Å². The van der Waals surface area contributed by atoms with Gasteiger partial charge in [0.05, 0.1) is 0 Å².